The van der Waals surface area contributed by atoms with Gasteiger partial charge in [0, 0.05) is 22.0 Å². The number of amides is 1. The van der Waals surface area contributed by atoms with Crippen LogP contribution in [0.5, 0.6) is 11.6 Å². The Morgan fingerprint density at radius 3 is 2.70 bits per heavy atom. The Kier molecular flexibility index (Phi) is 5.50. The predicted octanol–water partition coefficient (Wildman–Crippen LogP) is 5.52. The lowest BCUT2D eigenvalue weighted by Gasteiger charge is -2.10. The van der Waals surface area contributed by atoms with E-state index in [0.29, 0.717) is 28.6 Å². The molecule has 0 bridgehead atoms. The topological polar surface area (TPSA) is 81.9 Å². The van der Waals surface area contributed by atoms with Crippen molar-refractivity contribution in [1.82, 2.24) is 19.7 Å². The Balaban J connectivity index is 1.50. The van der Waals surface area contributed by atoms with Crippen LogP contribution in [-0.2, 0) is 0 Å². The average molecular weight is 466 g/mol. The highest BCUT2D eigenvalue weighted by atomic mass is 79.9. The molecule has 4 aromatic rings. The second kappa shape index (κ2) is 8.23. The number of aromatic nitrogens is 4. The molecule has 1 amide bonds. The molecule has 30 heavy (non-hydrogen) atoms. The summed E-state index contributed by atoms with van der Waals surface area (Å²) in [7, 11) is 0. The smallest absolute Gasteiger partial charge is 0.257 e. The van der Waals surface area contributed by atoms with Gasteiger partial charge in [0.1, 0.15) is 5.75 Å². The van der Waals surface area contributed by atoms with Crippen molar-refractivity contribution >= 4 is 38.6 Å². The minimum Gasteiger partial charge on any atom is -0.439 e. The van der Waals surface area contributed by atoms with Gasteiger partial charge >= 0.3 is 0 Å². The zero-order chi connectivity index (χ0) is 21.3. The molecule has 0 aliphatic heterocycles. The number of carbonyl (C=O) groups excluding carboxylic acids is 1. The summed E-state index contributed by atoms with van der Waals surface area (Å²) in [5.41, 5.74) is 2.49. The molecular weight excluding hydrogens is 446 g/mol. The van der Waals surface area contributed by atoms with Gasteiger partial charge < -0.3 is 10.1 Å². The van der Waals surface area contributed by atoms with Crippen LogP contribution in [0.4, 0.5) is 5.69 Å². The number of pyridine rings is 2. The third-order valence-corrected chi connectivity index (χ3v) is 5.00. The Bertz CT molecular complexity index is 1220. The fourth-order valence-corrected chi connectivity index (χ4v) is 3.42. The summed E-state index contributed by atoms with van der Waals surface area (Å²) in [6.07, 6.45) is 3.29. The van der Waals surface area contributed by atoms with Gasteiger partial charge in [0.2, 0.25) is 5.88 Å². The number of nitrogens with one attached hydrogen (secondary N) is 1. The van der Waals surface area contributed by atoms with Gasteiger partial charge in [-0.05, 0) is 51.1 Å². The maximum atomic E-state index is 12.8. The van der Waals surface area contributed by atoms with E-state index in [1.54, 1.807) is 24.5 Å². The average Bonchev–Trinajstić information content (AvgIpc) is 3.12. The highest BCUT2D eigenvalue weighted by molar-refractivity contribution is 9.10. The van der Waals surface area contributed by atoms with Crippen molar-refractivity contribution in [1.29, 1.82) is 0 Å². The van der Waals surface area contributed by atoms with Crippen molar-refractivity contribution in [2.24, 2.45) is 0 Å². The van der Waals surface area contributed by atoms with Crippen molar-refractivity contribution < 1.29 is 9.53 Å². The van der Waals surface area contributed by atoms with E-state index in [2.05, 4.69) is 36.3 Å². The number of nitrogens with zero attached hydrogens (tertiary/aromatic N) is 4. The molecule has 8 heteroatoms. The molecule has 7 nitrogen and oxygen atoms in total. The van der Waals surface area contributed by atoms with E-state index in [-0.39, 0.29) is 11.9 Å². The molecule has 152 valence electrons. The zero-order valence-electron chi connectivity index (χ0n) is 16.8. The van der Waals surface area contributed by atoms with Crippen LogP contribution in [-0.4, -0.2) is 25.7 Å². The number of halogens is 1. The minimum absolute atomic E-state index is 0.192. The van der Waals surface area contributed by atoms with E-state index in [4.69, 9.17) is 4.74 Å². The molecular formula is C22H20BrN5O2. The lowest BCUT2D eigenvalue weighted by molar-refractivity contribution is 0.102. The highest BCUT2D eigenvalue weighted by Crippen LogP contribution is 2.24. The number of fused-ring (bicyclic) bond motifs is 1. The molecule has 0 saturated heterocycles. The fraction of sp³-hybridized carbons (Fsp3) is 0.182. The third kappa shape index (κ3) is 4.18. The first-order valence-corrected chi connectivity index (χ1v) is 10.3. The molecule has 3 heterocycles. The van der Waals surface area contributed by atoms with Crippen LogP contribution < -0.4 is 10.1 Å². The molecule has 4 rings (SSSR count). The van der Waals surface area contributed by atoms with Crippen molar-refractivity contribution in [2.75, 3.05) is 5.32 Å². The summed E-state index contributed by atoms with van der Waals surface area (Å²) >= 11 is 3.41. The molecule has 0 unspecified atom stereocenters. The van der Waals surface area contributed by atoms with Crippen LogP contribution >= 0.6 is 15.9 Å². The fourth-order valence-electron chi connectivity index (χ4n) is 3.04. The van der Waals surface area contributed by atoms with E-state index in [1.807, 2.05) is 55.8 Å². The summed E-state index contributed by atoms with van der Waals surface area (Å²) in [6, 6.07) is 13.0. The SMILES string of the molecule is Cc1nc2c(cnn2C(C)C)cc1C(=O)Nc1ccc(Oc2cccc(Br)c2)nc1. The molecule has 0 radical (unpaired) electrons. The van der Waals surface area contributed by atoms with Crippen molar-refractivity contribution in [2.45, 2.75) is 26.8 Å². The van der Waals surface area contributed by atoms with E-state index < -0.39 is 0 Å². The Morgan fingerprint density at radius 2 is 2.00 bits per heavy atom. The summed E-state index contributed by atoms with van der Waals surface area (Å²) in [6.45, 7) is 5.90. The predicted molar refractivity (Wildman–Crippen MR) is 119 cm³/mol. The van der Waals surface area contributed by atoms with Crippen LogP contribution in [0.15, 0.2) is 59.3 Å². The van der Waals surface area contributed by atoms with E-state index in [1.165, 1.54) is 0 Å². The molecule has 1 aromatic carbocycles. The van der Waals surface area contributed by atoms with E-state index in [0.717, 1.165) is 15.5 Å². The number of aryl methyl sites for hydroxylation is 1. The second-order valence-corrected chi connectivity index (χ2v) is 8.03. The molecule has 0 spiro atoms. The number of anilines is 1. The first-order valence-electron chi connectivity index (χ1n) is 9.46. The highest BCUT2D eigenvalue weighted by Gasteiger charge is 2.15. The molecule has 0 aliphatic rings. The first-order chi connectivity index (χ1) is 14.4. The van der Waals surface area contributed by atoms with Gasteiger partial charge in [-0.25, -0.2) is 14.6 Å². The van der Waals surface area contributed by atoms with Gasteiger partial charge in [-0.15, -0.1) is 0 Å². The molecule has 0 atom stereocenters. The Labute approximate surface area is 182 Å². The molecule has 0 saturated carbocycles. The number of carbonyl (C=O) groups is 1. The molecule has 1 N–H and O–H groups in total. The molecule has 3 aromatic heterocycles. The molecule has 0 aliphatic carbocycles. The second-order valence-electron chi connectivity index (χ2n) is 7.12. The quantitative estimate of drug-likeness (QED) is 0.419. The van der Waals surface area contributed by atoms with E-state index >= 15 is 0 Å². The minimum atomic E-state index is -0.248. The van der Waals surface area contributed by atoms with Crippen LogP contribution in [0.25, 0.3) is 11.0 Å². The number of rotatable bonds is 5. The monoisotopic (exact) mass is 465 g/mol. The third-order valence-electron chi connectivity index (χ3n) is 4.51. The van der Waals surface area contributed by atoms with Gasteiger partial charge in [-0.3, -0.25) is 4.79 Å². The number of hydrogen-bond acceptors (Lipinski definition) is 5. The summed E-state index contributed by atoms with van der Waals surface area (Å²) in [5.74, 6) is 0.860. The van der Waals surface area contributed by atoms with Gasteiger partial charge in [-0.1, -0.05) is 22.0 Å². The lowest BCUT2D eigenvalue weighted by atomic mass is 10.1. The summed E-state index contributed by atoms with van der Waals surface area (Å²) in [5, 5.41) is 8.06. The zero-order valence-corrected chi connectivity index (χ0v) is 18.3. The lowest BCUT2D eigenvalue weighted by Crippen LogP contribution is -2.14. The van der Waals surface area contributed by atoms with Crippen LogP contribution in [0.2, 0.25) is 0 Å². The van der Waals surface area contributed by atoms with Crippen LogP contribution in [0, 0.1) is 6.92 Å². The first kappa shape index (κ1) is 20.0. The van der Waals surface area contributed by atoms with Crippen molar-refractivity contribution in [3.63, 3.8) is 0 Å². The maximum absolute atomic E-state index is 12.8. The Morgan fingerprint density at radius 1 is 1.17 bits per heavy atom. The number of ether oxygens (including phenoxy) is 1. The van der Waals surface area contributed by atoms with Gasteiger partial charge in [0.05, 0.1) is 29.3 Å². The van der Waals surface area contributed by atoms with Gasteiger partial charge in [0.15, 0.2) is 5.65 Å². The van der Waals surface area contributed by atoms with Gasteiger partial charge in [0.25, 0.3) is 5.91 Å². The van der Waals surface area contributed by atoms with Crippen LogP contribution in [0.3, 0.4) is 0 Å². The largest absolute Gasteiger partial charge is 0.439 e. The van der Waals surface area contributed by atoms with Crippen molar-refractivity contribution in [3.05, 3.63) is 70.6 Å². The number of benzene rings is 1. The Hall–Kier alpha value is -3.26. The van der Waals surface area contributed by atoms with Gasteiger partial charge in [-0.2, -0.15) is 5.10 Å². The number of hydrogen-bond donors (Lipinski definition) is 1. The standard InChI is InChI=1S/C22H20BrN5O2/c1-13(2)28-21-15(11-25-28)9-19(14(3)26-21)22(29)27-17-7-8-20(24-12-17)30-18-6-4-5-16(23)10-18/h4-13H,1-3H3,(H,27,29). The van der Waals surface area contributed by atoms with E-state index in [9.17, 15) is 4.79 Å². The van der Waals surface area contributed by atoms with Crippen LogP contribution in [0.1, 0.15) is 35.9 Å². The summed E-state index contributed by atoms with van der Waals surface area (Å²) < 4.78 is 8.48. The molecule has 0 fully saturated rings. The maximum Gasteiger partial charge on any atom is 0.257 e. The summed E-state index contributed by atoms with van der Waals surface area (Å²) in [4.78, 5) is 21.6. The van der Waals surface area contributed by atoms with Crippen molar-refractivity contribution in [3.8, 4) is 11.6 Å². The normalized spacial score (nSPS) is 11.1.